The van der Waals surface area contributed by atoms with Crippen LogP contribution in [0.4, 0.5) is 13.2 Å². The summed E-state index contributed by atoms with van der Waals surface area (Å²) >= 11 is 0. The molecule has 31 heavy (non-hydrogen) atoms. The number of fused-ring (bicyclic) bond motifs is 3. The van der Waals surface area contributed by atoms with Crippen LogP contribution in [-0.2, 0) is 6.42 Å². The van der Waals surface area contributed by atoms with Crippen molar-refractivity contribution in [1.82, 2.24) is 15.1 Å². The maximum atomic E-state index is 14.5. The molecule has 1 saturated carbocycles. The van der Waals surface area contributed by atoms with Gasteiger partial charge in [0.2, 0.25) is 0 Å². The standard InChI is InChI=1S/C23H20F3N3O2/c24-14-3-1-12(2-4-14)19(7-8-30)27-23(31)21-17-10-13-9-16(13)22(17)29(28-21)20-6-5-15(25)11-18(20)26/h1-6,11,13,16,19,30H,7-10H2,(H,27,31)/t13-,16-,19+/m0/s1. The summed E-state index contributed by atoms with van der Waals surface area (Å²) in [6, 6.07) is 8.46. The second-order valence-electron chi connectivity index (χ2n) is 8.12. The van der Waals surface area contributed by atoms with E-state index in [2.05, 4.69) is 10.4 Å². The lowest BCUT2D eigenvalue weighted by molar-refractivity contribution is 0.0923. The van der Waals surface area contributed by atoms with Gasteiger partial charge in [-0.05, 0) is 55.0 Å². The van der Waals surface area contributed by atoms with E-state index in [-0.39, 0.29) is 30.3 Å². The van der Waals surface area contributed by atoms with E-state index in [1.54, 1.807) is 12.1 Å². The predicted molar refractivity (Wildman–Crippen MR) is 106 cm³/mol. The van der Waals surface area contributed by atoms with Gasteiger partial charge in [-0.2, -0.15) is 5.10 Å². The number of aliphatic hydroxyl groups is 1. The molecule has 8 heteroatoms. The van der Waals surface area contributed by atoms with Crippen LogP contribution in [0, 0.1) is 23.4 Å². The Bertz CT molecular complexity index is 1160. The normalized spacial score (nSPS) is 19.6. The number of carbonyl (C=O) groups excluding carboxylic acids is 1. The van der Waals surface area contributed by atoms with Crippen molar-refractivity contribution in [3.05, 3.63) is 82.4 Å². The molecule has 160 valence electrons. The highest BCUT2D eigenvalue weighted by atomic mass is 19.1. The second kappa shape index (κ2) is 7.53. The monoisotopic (exact) mass is 427 g/mol. The van der Waals surface area contributed by atoms with Gasteiger partial charge in [0, 0.05) is 24.2 Å². The minimum atomic E-state index is -0.745. The van der Waals surface area contributed by atoms with Crippen LogP contribution in [0.2, 0.25) is 0 Å². The Hall–Kier alpha value is -3.13. The Kier molecular flexibility index (Phi) is 4.81. The zero-order valence-corrected chi connectivity index (χ0v) is 16.5. The Morgan fingerprint density at radius 1 is 1.16 bits per heavy atom. The smallest absolute Gasteiger partial charge is 0.272 e. The summed E-state index contributed by atoms with van der Waals surface area (Å²) in [5.74, 6) is -1.63. The van der Waals surface area contributed by atoms with Crippen molar-refractivity contribution in [1.29, 1.82) is 0 Å². The highest BCUT2D eigenvalue weighted by Crippen LogP contribution is 2.57. The highest BCUT2D eigenvalue weighted by Gasteiger charge is 2.50. The molecule has 2 N–H and O–H groups in total. The van der Waals surface area contributed by atoms with E-state index in [1.807, 2.05) is 0 Å². The molecule has 2 aromatic carbocycles. The van der Waals surface area contributed by atoms with E-state index >= 15 is 0 Å². The third kappa shape index (κ3) is 3.50. The van der Waals surface area contributed by atoms with Crippen LogP contribution < -0.4 is 5.32 Å². The molecule has 0 radical (unpaired) electrons. The fourth-order valence-corrected chi connectivity index (χ4v) is 4.51. The Morgan fingerprint density at radius 2 is 1.90 bits per heavy atom. The Morgan fingerprint density at radius 3 is 2.61 bits per heavy atom. The van der Waals surface area contributed by atoms with Gasteiger partial charge in [0.15, 0.2) is 11.5 Å². The number of nitrogens with zero attached hydrogens (tertiary/aromatic N) is 2. The first-order valence-corrected chi connectivity index (χ1v) is 10.2. The van der Waals surface area contributed by atoms with E-state index in [0.717, 1.165) is 29.8 Å². The summed E-state index contributed by atoms with van der Waals surface area (Å²) in [7, 11) is 0. The van der Waals surface area contributed by atoms with Crippen LogP contribution in [0.3, 0.4) is 0 Å². The summed E-state index contributed by atoms with van der Waals surface area (Å²) < 4.78 is 42.5. The first-order valence-electron chi connectivity index (χ1n) is 10.2. The number of amides is 1. The van der Waals surface area contributed by atoms with Crippen LogP contribution in [0.5, 0.6) is 0 Å². The summed E-state index contributed by atoms with van der Waals surface area (Å²) in [5, 5.41) is 16.7. The number of hydrogen-bond acceptors (Lipinski definition) is 3. The molecule has 0 saturated heterocycles. The second-order valence-corrected chi connectivity index (χ2v) is 8.12. The van der Waals surface area contributed by atoms with Gasteiger partial charge in [0.1, 0.15) is 17.3 Å². The average molecular weight is 427 g/mol. The van der Waals surface area contributed by atoms with Gasteiger partial charge in [-0.15, -0.1) is 0 Å². The van der Waals surface area contributed by atoms with Gasteiger partial charge in [-0.1, -0.05) is 12.1 Å². The SMILES string of the molecule is O=C(N[C@H](CCO)c1ccc(F)cc1)c1nn(-c2ccc(F)cc2F)c2c1C[C@@H]1C[C@H]21. The zero-order valence-electron chi connectivity index (χ0n) is 16.5. The van der Waals surface area contributed by atoms with Gasteiger partial charge >= 0.3 is 0 Å². The van der Waals surface area contributed by atoms with E-state index < -0.39 is 29.4 Å². The molecule has 1 amide bonds. The number of halogens is 3. The molecular formula is C23H20F3N3O2. The van der Waals surface area contributed by atoms with Crippen LogP contribution in [0.1, 0.15) is 52.1 Å². The lowest BCUT2D eigenvalue weighted by Crippen LogP contribution is -2.30. The molecule has 3 atom stereocenters. The van der Waals surface area contributed by atoms with Crippen molar-refractivity contribution in [2.24, 2.45) is 5.92 Å². The predicted octanol–water partition coefficient (Wildman–Crippen LogP) is 3.80. The molecule has 0 unspecified atom stereocenters. The molecule has 1 heterocycles. The Labute approximate surface area is 176 Å². The number of benzene rings is 2. The molecule has 3 aromatic rings. The molecule has 2 aliphatic rings. The molecular weight excluding hydrogens is 407 g/mol. The minimum absolute atomic E-state index is 0.106. The van der Waals surface area contributed by atoms with Crippen molar-refractivity contribution in [3.8, 4) is 5.69 Å². The zero-order chi connectivity index (χ0) is 21.7. The van der Waals surface area contributed by atoms with Crippen molar-refractivity contribution in [3.63, 3.8) is 0 Å². The van der Waals surface area contributed by atoms with Crippen LogP contribution in [-0.4, -0.2) is 27.4 Å². The van der Waals surface area contributed by atoms with E-state index in [9.17, 15) is 23.1 Å². The Balaban J connectivity index is 1.49. The van der Waals surface area contributed by atoms with E-state index in [0.29, 0.717) is 17.9 Å². The number of nitrogens with one attached hydrogen (secondary N) is 1. The lowest BCUT2D eigenvalue weighted by atomic mass is 10.0. The van der Waals surface area contributed by atoms with Crippen LogP contribution in [0.25, 0.3) is 5.69 Å². The fraction of sp³-hybridized carbons (Fsp3) is 0.304. The summed E-state index contributed by atoms with van der Waals surface area (Å²) in [4.78, 5) is 13.1. The summed E-state index contributed by atoms with van der Waals surface area (Å²) in [6.07, 6.45) is 1.90. The summed E-state index contributed by atoms with van der Waals surface area (Å²) in [5.41, 5.74) is 2.56. The van der Waals surface area contributed by atoms with Gasteiger partial charge in [0.25, 0.3) is 5.91 Å². The maximum Gasteiger partial charge on any atom is 0.272 e. The molecule has 0 aliphatic heterocycles. The largest absolute Gasteiger partial charge is 0.396 e. The van der Waals surface area contributed by atoms with E-state index in [1.165, 1.54) is 22.9 Å². The fourth-order valence-electron chi connectivity index (χ4n) is 4.51. The van der Waals surface area contributed by atoms with E-state index in [4.69, 9.17) is 0 Å². The van der Waals surface area contributed by atoms with Gasteiger partial charge in [-0.25, -0.2) is 17.9 Å². The lowest BCUT2D eigenvalue weighted by Gasteiger charge is -2.18. The molecule has 1 aromatic heterocycles. The first kappa shape index (κ1) is 19.8. The molecule has 2 aliphatic carbocycles. The molecule has 1 fully saturated rings. The maximum absolute atomic E-state index is 14.5. The van der Waals surface area contributed by atoms with Crippen molar-refractivity contribution < 1.29 is 23.1 Å². The number of aromatic nitrogens is 2. The third-order valence-corrected chi connectivity index (χ3v) is 6.11. The third-order valence-electron chi connectivity index (χ3n) is 6.11. The van der Waals surface area contributed by atoms with Gasteiger partial charge in [-0.3, -0.25) is 4.79 Å². The number of rotatable bonds is 6. The first-order chi connectivity index (χ1) is 15.0. The van der Waals surface area contributed by atoms with Crippen molar-refractivity contribution in [2.75, 3.05) is 6.61 Å². The number of carbonyl (C=O) groups is 1. The minimum Gasteiger partial charge on any atom is -0.396 e. The topological polar surface area (TPSA) is 67.2 Å². The molecule has 0 spiro atoms. The molecule has 0 bridgehead atoms. The molecule has 5 nitrogen and oxygen atoms in total. The van der Waals surface area contributed by atoms with Crippen molar-refractivity contribution >= 4 is 5.91 Å². The molecule has 5 rings (SSSR count). The summed E-state index contributed by atoms with van der Waals surface area (Å²) in [6.45, 7) is -0.167. The van der Waals surface area contributed by atoms with Crippen LogP contribution >= 0.6 is 0 Å². The van der Waals surface area contributed by atoms with Gasteiger partial charge in [0.05, 0.1) is 11.7 Å². The number of aliphatic hydroxyl groups excluding tert-OH is 1. The highest BCUT2D eigenvalue weighted by molar-refractivity contribution is 5.94. The van der Waals surface area contributed by atoms with Crippen LogP contribution in [0.15, 0.2) is 42.5 Å². The quantitative estimate of drug-likeness (QED) is 0.629. The average Bonchev–Trinajstić information content (AvgIpc) is 3.24. The van der Waals surface area contributed by atoms with Crippen molar-refractivity contribution in [2.45, 2.75) is 31.2 Å². The van der Waals surface area contributed by atoms with Gasteiger partial charge < -0.3 is 10.4 Å². The number of hydrogen-bond donors (Lipinski definition) is 2.